The van der Waals surface area contributed by atoms with Crippen LogP contribution < -0.4 is 16.0 Å². The van der Waals surface area contributed by atoms with E-state index in [9.17, 15) is 23.6 Å². The second-order valence-corrected chi connectivity index (χ2v) is 14.0. The number of ether oxygens (including phenoxy) is 1. The molecule has 0 aliphatic carbocycles. The Bertz CT molecular complexity index is 2120. The SMILES string of the molecule is COC(=O)c1c(NC(=O)CSc2cccc(NC(=O)/C(=C/c3ccccc3F)NC(=O)c3ccccc3)c2)sc2c1CCN(Cc1ccccc1)C2. The zero-order valence-electron chi connectivity index (χ0n) is 28.2. The van der Waals surface area contributed by atoms with Gasteiger partial charge in [-0.15, -0.1) is 23.1 Å². The number of amides is 3. The molecule has 0 saturated heterocycles. The Kier molecular flexibility index (Phi) is 11.9. The van der Waals surface area contributed by atoms with Crippen molar-refractivity contribution in [2.24, 2.45) is 0 Å². The summed E-state index contributed by atoms with van der Waals surface area (Å²) in [5.41, 5.74) is 3.24. The first-order valence-corrected chi connectivity index (χ1v) is 18.2. The van der Waals surface area contributed by atoms with E-state index in [0.29, 0.717) is 39.7 Å². The Morgan fingerprint density at radius 3 is 2.38 bits per heavy atom. The number of hydrogen-bond donors (Lipinski definition) is 3. The number of nitrogens with one attached hydrogen (secondary N) is 3. The van der Waals surface area contributed by atoms with Crippen LogP contribution in [-0.2, 0) is 33.8 Å². The first-order valence-electron chi connectivity index (χ1n) is 16.4. The largest absolute Gasteiger partial charge is 0.465 e. The molecule has 3 amide bonds. The smallest absolute Gasteiger partial charge is 0.341 e. The number of carbonyl (C=O) groups excluding carboxylic acids is 4. The third kappa shape index (κ3) is 9.21. The number of hydrogen-bond acceptors (Lipinski definition) is 8. The molecule has 4 aromatic carbocycles. The lowest BCUT2D eigenvalue weighted by Gasteiger charge is -2.27. The number of carbonyl (C=O) groups is 4. The van der Waals surface area contributed by atoms with Crippen LogP contribution in [0.5, 0.6) is 0 Å². The molecule has 0 fully saturated rings. The fraction of sp³-hybridized carbons (Fsp3) is 0.150. The van der Waals surface area contributed by atoms with E-state index in [0.717, 1.165) is 23.5 Å². The van der Waals surface area contributed by atoms with Gasteiger partial charge in [-0.2, -0.15) is 0 Å². The minimum Gasteiger partial charge on any atom is -0.465 e. The Labute approximate surface area is 308 Å². The van der Waals surface area contributed by atoms with Crippen molar-refractivity contribution in [2.75, 3.05) is 30.0 Å². The van der Waals surface area contributed by atoms with Crippen LogP contribution in [0.3, 0.4) is 0 Å². The molecule has 264 valence electrons. The summed E-state index contributed by atoms with van der Waals surface area (Å²) in [4.78, 5) is 56.5. The lowest BCUT2D eigenvalue weighted by atomic mass is 10.0. The van der Waals surface area contributed by atoms with E-state index in [4.69, 9.17) is 4.74 Å². The summed E-state index contributed by atoms with van der Waals surface area (Å²) in [5, 5.41) is 8.77. The molecule has 0 spiro atoms. The quantitative estimate of drug-likeness (QED) is 0.0697. The van der Waals surface area contributed by atoms with Crippen molar-refractivity contribution >= 4 is 63.6 Å². The summed E-state index contributed by atoms with van der Waals surface area (Å²) in [7, 11) is 1.33. The van der Waals surface area contributed by atoms with Gasteiger partial charge < -0.3 is 20.7 Å². The van der Waals surface area contributed by atoms with E-state index < -0.39 is 23.6 Å². The molecule has 0 saturated carbocycles. The third-order valence-electron chi connectivity index (χ3n) is 8.22. The summed E-state index contributed by atoms with van der Waals surface area (Å²) in [6, 6.07) is 31.4. The number of thiophene rings is 1. The van der Waals surface area contributed by atoms with Gasteiger partial charge in [0, 0.05) is 46.2 Å². The molecule has 0 atom stereocenters. The predicted octanol–water partition coefficient (Wildman–Crippen LogP) is 7.37. The predicted molar refractivity (Wildman–Crippen MR) is 203 cm³/mol. The molecule has 0 unspecified atom stereocenters. The highest BCUT2D eigenvalue weighted by molar-refractivity contribution is 8.00. The normalized spacial score (nSPS) is 12.8. The van der Waals surface area contributed by atoms with E-state index >= 15 is 0 Å². The Hall–Kier alpha value is -5.56. The molecule has 52 heavy (non-hydrogen) atoms. The summed E-state index contributed by atoms with van der Waals surface area (Å²) < 4.78 is 19.6. The van der Waals surface area contributed by atoms with Gasteiger partial charge in [-0.3, -0.25) is 19.3 Å². The third-order valence-corrected chi connectivity index (χ3v) is 10.3. The number of methoxy groups -OCH3 is 1. The van der Waals surface area contributed by atoms with Crippen LogP contribution >= 0.6 is 23.1 Å². The van der Waals surface area contributed by atoms with Crippen LogP contribution in [0.4, 0.5) is 15.1 Å². The highest BCUT2D eigenvalue weighted by Crippen LogP contribution is 2.38. The van der Waals surface area contributed by atoms with E-state index in [2.05, 4.69) is 33.0 Å². The van der Waals surface area contributed by atoms with Crippen LogP contribution in [0.1, 0.15) is 42.3 Å². The van der Waals surface area contributed by atoms with Gasteiger partial charge in [0.25, 0.3) is 11.8 Å². The average molecular weight is 735 g/mol. The number of halogens is 1. The Morgan fingerprint density at radius 2 is 1.63 bits per heavy atom. The van der Waals surface area contributed by atoms with Crippen molar-refractivity contribution < 1.29 is 28.3 Å². The zero-order chi connectivity index (χ0) is 36.5. The maximum Gasteiger partial charge on any atom is 0.341 e. The molecule has 1 aromatic heterocycles. The highest BCUT2D eigenvalue weighted by atomic mass is 32.2. The van der Waals surface area contributed by atoms with E-state index in [1.807, 2.05) is 18.2 Å². The van der Waals surface area contributed by atoms with Crippen molar-refractivity contribution in [1.29, 1.82) is 0 Å². The highest BCUT2D eigenvalue weighted by Gasteiger charge is 2.29. The molecule has 1 aliphatic heterocycles. The van der Waals surface area contributed by atoms with Crippen molar-refractivity contribution in [3.63, 3.8) is 0 Å². The monoisotopic (exact) mass is 734 g/mol. The maximum absolute atomic E-state index is 14.5. The van der Waals surface area contributed by atoms with Crippen molar-refractivity contribution in [3.05, 3.63) is 153 Å². The molecule has 3 N–H and O–H groups in total. The number of fused-ring (bicyclic) bond motifs is 1. The zero-order valence-corrected chi connectivity index (χ0v) is 29.8. The van der Waals surface area contributed by atoms with Gasteiger partial charge in [-0.1, -0.05) is 72.8 Å². The fourth-order valence-electron chi connectivity index (χ4n) is 5.70. The van der Waals surface area contributed by atoms with Gasteiger partial charge in [0.1, 0.15) is 16.5 Å². The topological polar surface area (TPSA) is 117 Å². The molecule has 6 rings (SSSR count). The van der Waals surface area contributed by atoms with E-state index in [1.54, 1.807) is 60.7 Å². The van der Waals surface area contributed by atoms with Crippen LogP contribution in [0, 0.1) is 5.82 Å². The molecule has 0 bridgehead atoms. The Morgan fingerprint density at radius 1 is 0.904 bits per heavy atom. The van der Waals surface area contributed by atoms with Crippen LogP contribution in [0.2, 0.25) is 0 Å². The van der Waals surface area contributed by atoms with Crippen molar-refractivity contribution in [1.82, 2.24) is 10.2 Å². The van der Waals surface area contributed by atoms with Crippen LogP contribution in [0.15, 0.2) is 120 Å². The van der Waals surface area contributed by atoms with E-state index in [1.165, 1.54) is 60.0 Å². The summed E-state index contributed by atoms with van der Waals surface area (Å²) in [6.07, 6.45) is 1.94. The van der Waals surface area contributed by atoms with Gasteiger partial charge in [0.2, 0.25) is 5.91 Å². The maximum atomic E-state index is 14.5. The Balaban J connectivity index is 1.11. The summed E-state index contributed by atoms with van der Waals surface area (Å²) >= 11 is 2.65. The lowest BCUT2D eigenvalue weighted by Crippen LogP contribution is -2.30. The number of benzene rings is 4. The number of nitrogens with zero attached hydrogens (tertiary/aromatic N) is 1. The number of anilines is 2. The van der Waals surface area contributed by atoms with Crippen molar-refractivity contribution in [2.45, 2.75) is 24.4 Å². The van der Waals surface area contributed by atoms with Crippen LogP contribution in [-0.4, -0.2) is 48.0 Å². The molecule has 2 heterocycles. The molecular formula is C40H35FN4O5S2. The molecule has 5 aromatic rings. The second-order valence-electron chi connectivity index (χ2n) is 11.9. The molecule has 0 radical (unpaired) electrons. The second kappa shape index (κ2) is 17.1. The standard InChI is InChI=1S/C40H35FN4O5S2/c1-50-40(49)36-31-19-20-45(23-26-11-4-2-5-12-26)24-34(31)52-39(36)44-35(46)25-51-30-17-10-16-29(22-30)42-38(48)33(21-28-15-8-9-18-32(28)41)43-37(47)27-13-6-3-7-14-27/h2-18,21-22H,19-20,23-25H2,1H3,(H,42,48)(H,43,47)(H,44,46)/b33-21-. The number of thioether (sulfide) groups is 1. The molecular weight excluding hydrogens is 700 g/mol. The first kappa shape index (κ1) is 36.2. The van der Waals surface area contributed by atoms with Gasteiger partial charge in [-0.05, 0) is 60.0 Å². The fourth-order valence-corrected chi connectivity index (χ4v) is 7.75. The number of rotatable bonds is 12. The van der Waals surface area contributed by atoms with Gasteiger partial charge in [0.05, 0.1) is 18.4 Å². The first-order chi connectivity index (χ1) is 25.3. The molecule has 12 heteroatoms. The van der Waals surface area contributed by atoms with Crippen molar-refractivity contribution in [3.8, 4) is 0 Å². The molecule has 1 aliphatic rings. The molecule has 9 nitrogen and oxygen atoms in total. The summed E-state index contributed by atoms with van der Waals surface area (Å²) in [5.74, 6) is -2.49. The van der Waals surface area contributed by atoms with Crippen LogP contribution in [0.25, 0.3) is 6.08 Å². The number of esters is 1. The van der Waals surface area contributed by atoms with Gasteiger partial charge in [0.15, 0.2) is 0 Å². The summed E-state index contributed by atoms with van der Waals surface area (Å²) in [6.45, 7) is 2.23. The minimum absolute atomic E-state index is 0.0340. The minimum atomic E-state index is -0.660. The van der Waals surface area contributed by atoms with Gasteiger partial charge >= 0.3 is 5.97 Å². The van der Waals surface area contributed by atoms with Gasteiger partial charge in [-0.25, -0.2) is 9.18 Å². The van der Waals surface area contributed by atoms with E-state index in [-0.39, 0.29) is 22.9 Å². The lowest BCUT2D eigenvalue weighted by molar-refractivity contribution is -0.114. The average Bonchev–Trinajstić information content (AvgIpc) is 3.51.